The quantitative estimate of drug-likeness (QED) is 0.604. The number of pyridine rings is 2. The number of sulfonamides is 1. The molecule has 0 saturated heterocycles. The molecule has 0 spiro atoms. The molecule has 0 amide bonds. The Morgan fingerprint density at radius 2 is 1.44 bits per heavy atom. The predicted molar refractivity (Wildman–Crippen MR) is 97.8 cm³/mol. The molecular formula is C14H9Cl2N3O4S2. The van der Waals surface area contributed by atoms with Crippen LogP contribution in [0, 0.1) is 0 Å². The van der Waals surface area contributed by atoms with Gasteiger partial charge in [0.15, 0.2) is 0 Å². The number of halogens is 2. The highest BCUT2D eigenvalue weighted by molar-refractivity contribution is 7.89. The minimum atomic E-state index is -4.15. The van der Waals surface area contributed by atoms with Gasteiger partial charge in [0.05, 0.1) is 26.0 Å². The lowest BCUT2D eigenvalue weighted by Gasteiger charge is -2.01. The van der Waals surface area contributed by atoms with Gasteiger partial charge in [-0.25, -0.2) is 13.6 Å². The molecule has 3 heterocycles. The first-order chi connectivity index (χ1) is 11.7. The van der Waals surface area contributed by atoms with Crippen molar-refractivity contribution in [3.05, 3.63) is 61.3 Å². The third-order valence-corrected chi connectivity index (χ3v) is 5.95. The number of aromatic amines is 2. The molecule has 0 atom stereocenters. The minimum Gasteiger partial charge on any atom is -0.327 e. The molecule has 7 nitrogen and oxygen atoms in total. The Hall–Kier alpha value is -1.91. The molecule has 0 aliphatic carbocycles. The van der Waals surface area contributed by atoms with Gasteiger partial charge < -0.3 is 9.97 Å². The summed E-state index contributed by atoms with van der Waals surface area (Å²) in [7, 11) is -4.15. The summed E-state index contributed by atoms with van der Waals surface area (Å²) in [4.78, 5) is 29.1. The number of thiophene rings is 1. The van der Waals surface area contributed by atoms with Gasteiger partial charge in [-0.2, -0.15) is 0 Å². The molecule has 0 unspecified atom stereocenters. The number of nitrogens with one attached hydrogen (secondary N) is 2. The summed E-state index contributed by atoms with van der Waals surface area (Å²) in [5.74, 6) is 0. The molecule has 0 bridgehead atoms. The van der Waals surface area contributed by atoms with Crippen molar-refractivity contribution in [3.8, 4) is 20.9 Å². The lowest BCUT2D eigenvalue weighted by Crippen LogP contribution is -2.14. The third kappa shape index (κ3) is 3.55. The maximum atomic E-state index is 12.1. The minimum absolute atomic E-state index is 0.0335. The van der Waals surface area contributed by atoms with Crippen LogP contribution in [0.15, 0.2) is 45.1 Å². The first-order valence-corrected chi connectivity index (χ1v) is 9.72. The molecule has 0 fully saturated rings. The van der Waals surface area contributed by atoms with Gasteiger partial charge in [-0.05, 0) is 18.2 Å². The van der Waals surface area contributed by atoms with Crippen LogP contribution in [-0.2, 0) is 10.0 Å². The van der Waals surface area contributed by atoms with E-state index >= 15 is 0 Å². The number of aromatic nitrogens is 2. The lowest BCUT2D eigenvalue weighted by atomic mass is 10.2. The number of primary sulfonamides is 1. The van der Waals surface area contributed by atoms with E-state index in [0.29, 0.717) is 4.88 Å². The van der Waals surface area contributed by atoms with Crippen LogP contribution < -0.4 is 16.3 Å². The largest absolute Gasteiger partial charge is 0.327 e. The monoisotopic (exact) mass is 417 g/mol. The Labute approximate surface area is 155 Å². The van der Waals surface area contributed by atoms with E-state index in [2.05, 4.69) is 9.97 Å². The molecule has 25 heavy (non-hydrogen) atoms. The zero-order valence-corrected chi connectivity index (χ0v) is 15.3. The second-order valence-corrected chi connectivity index (χ2v) is 8.43. The Bertz CT molecular complexity index is 1200. The average molecular weight is 418 g/mol. The van der Waals surface area contributed by atoms with Crippen molar-refractivity contribution in [2.24, 2.45) is 5.14 Å². The van der Waals surface area contributed by atoms with Crippen LogP contribution in [0.4, 0.5) is 0 Å². The van der Waals surface area contributed by atoms with Crippen molar-refractivity contribution in [2.45, 2.75) is 4.90 Å². The van der Waals surface area contributed by atoms with Crippen LogP contribution in [0.5, 0.6) is 0 Å². The number of rotatable bonds is 3. The topological polar surface area (TPSA) is 126 Å². The van der Waals surface area contributed by atoms with E-state index in [1.807, 2.05) is 0 Å². The van der Waals surface area contributed by atoms with Crippen LogP contribution in [0.2, 0.25) is 10.0 Å². The van der Waals surface area contributed by atoms with Gasteiger partial charge in [0.25, 0.3) is 11.1 Å². The smallest absolute Gasteiger partial charge is 0.256 e. The standard InChI is InChI=1S/C14H9Cl2N3O4S2/c15-6-1-8(13(20)18-4-6)10-3-11(25(17,22)23)12(24-10)9-2-7(16)5-19-14(9)21/h1-5H,(H,18,20)(H,19,21)(H2,17,22,23). The van der Waals surface area contributed by atoms with E-state index in [-0.39, 0.29) is 30.9 Å². The third-order valence-electron chi connectivity index (χ3n) is 3.25. The summed E-state index contributed by atoms with van der Waals surface area (Å²) in [6.07, 6.45) is 2.59. The first-order valence-electron chi connectivity index (χ1n) is 6.60. The highest BCUT2D eigenvalue weighted by atomic mass is 35.5. The summed E-state index contributed by atoms with van der Waals surface area (Å²) in [5.41, 5.74) is -0.806. The molecular weight excluding hydrogens is 409 g/mol. The number of H-pyrrole nitrogens is 2. The van der Waals surface area contributed by atoms with Gasteiger partial charge in [0.2, 0.25) is 10.0 Å². The molecule has 3 rings (SSSR count). The molecule has 3 aromatic rings. The molecule has 3 aromatic heterocycles. The van der Waals surface area contributed by atoms with Gasteiger partial charge in [0.1, 0.15) is 4.90 Å². The van der Waals surface area contributed by atoms with Crippen LogP contribution in [0.3, 0.4) is 0 Å². The molecule has 130 valence electrons. The van der Waals surface area contributed by atoms with Crippen LogP contribution in [0.25, 0.3) is 20.9 Å². The molecule has 11 heteroatoms. The highest BCUT2D eigenvalue weighted by Gasteiger charge is 2.23. The average Bonchev–Trinajstić information content (AvgIpc) is 2.97. The lowest BCUT2D eigenvalue weighted by molar-refractivity contribution is 0.598. The molecule has 0 aromatic carbocycles. The van der Waals surface area contributed by atoms with Crippen molar-refractivity contribution in [1.82, 2.24) is 9.97 Å². The second kappa shape index (κ2) is 6.43. The van der Waals surface area contributed by atoms with E-state index in [9.17, 15) is 18.0 Å². The number of hydrogen-bond donors (Lipinski definition) is 3. The van der Waals surface area contributed by atoms with Gasteiger partial charge in [-0.3, -0.25) is 9.59 Å². The SMILES string of the molecule is NS(=O)(=O)c1cc(-c2cc(Cl)c[nH]c2=O)sc1-c1cc(Cl)c[nH]c1=O. The van der Waals surface area contributed by atoms with Crippen LogP contribution >= 0.6 is 34.5 Å². The summed E-state index contributed by atoms with van der Waals surface area (Å²) >= 11 is 12.7. The summed E-state index contributed by atoms with van der Waals surface area (Å²) in [6, 6.07) is 3.95. The molecule has 0 aliphatic rings. The molecule has 0 saturated carbocycles. The van der Waals surface area contributed by atoms with E-state index in [1.54, 1.807) is 0 Å². The van der Waals surface area contributed by atoms with Crippen molar-refractivity contribution >= 4 is 44.6 Å². The van der Waals surface area contributed by atoms with Gasteiger partial charge in [-0.15, -0.1) is 11.3 Å². The Morgan fingerprint density at radius 1 is 0.920 bits per heavy atom. The van der Waals surface area contributed by atoms with E-state index in [4.69, 9.17) is 28.3 Å². The summed E-state index contributed by atoms with van der Waals surface area (Å²) in [6.45, 7) is 0. The Balaban J connectivity index is 2.35. The van der Waals surface area contributed by atoms with Crippen LogP contribution in [-0.4, -0.2) is 18.4 Å². The van der Waals surface area contributed by atoms with E-state index in [0.717, 1.165) is 11.3 Å². The first kappa shape index (κ1) is 17.9. The highest BCUT2D eigenvalue weighted by Crippen LogP contribution is 2.38. The van der Waals surface area contributed by atoms with Crippen LogP contribution in [0.1, 0.15) is 0 Å². The number of nitrogens with two attached hydrogens (primary N) is 1. The zero-order chi connectivity index (χ0) is 18.4. The number of hydrogen-bond acceptors (Lipinski definition) is 5. The fourth-order valence-electron chi connectivity index (χ4n) is 2.17. The van der Waals surface area contributed by atoms with Gasteiger partial charge in [-0.1, -0.05) is 23.2 Å². The Morgan fingerprint density at radius 3 is 2.00 bits per heavy atom. The molecule has 4 N–H and O–H groups in total. The predicted octanol–water partition coefficient (Wildman–Crippen LogP) is 2.41. The van der Waals surface area contributed by atoms with Crippen molar-refractivity contribution in [1.29, 1.82) is 0 Å². The fourth-order valence-corrected chi connectivity index (χ4v) is 4.78. The van der Waals surface area contributed by atoms with Gasteiger partial charge >= 0.3 is 0 Å². The normalized spacial score (nSPS) is 11.6. The maximum Gasteiger partial charge on any atom is 0.256 e. The van der Waals surface area contributed by atoms with E-state index < -0.39 is 21.1 Å². The van der Waals surface area contributed by atoms with Crippen molar-refractivity contribution in [2.75, 3.05) is 0 Å². The molecule has 0 aliphatic heterocycles. The Kier molecular flexibility index (Phi) is 4.60. The maximum absolute atomic E-state index is 12.1. The van der Waals surface area contributed by atoms with Crippen molar-refractivity contribution < 1.29 is 8.42 Å². The summed E-state index contributed by atoms with van der Waals surface area (Å²) < 4.78 is 23.9. The second-order valence-electron chi connectivity index (χ2n) is 4.97. The summed E-state index contributed by atoms with van der Waals surface area (Å²) in [5, 5.41) is 5.74. The fraction of sp³-hybridized carbons (Fsp3) is 0. The van der Waals surface area contributed by atoms with E-state index in [1.165, 1.54) is 30.6 Å². The molecule has 0 radical (unpaired) electrons. The van der Waals surface area contributed by atoms with Crippen molar-refractivity contribution in [3.63, 3.8) is 0 Å². The van der Waals surface area contributed by atoms with Gasteiger partial charge in [0, 0.05) is 17.3 Å². The zero-order valence-electron chi connectivity index (χ0n) is 12.2.